The van der Waals surface area contributed by atoms with Crippen molar-refractivity contribution in [2.45, 2.75) is 12.8 Å². The molecule has 1 aliphatic rings. The van der Waals surface area contributed by atoms with E-state index in [1.54, 1.807) is 0 Å². The van der Waals surface area contributed by atoms with Gasteiger partial charge in [0.05, 0.1) is 23.5 Å². The van der Waals surface area contributed by atoms with Gasteiger partial charge in [-0.2, -0.15) is 5.26 Å². The lowest BCUT2D eigenvalue weighted by Crippen LogP contribution is -2.26. The van der Waals surface area contributed by atoms with E-state index in [1.807, 2.05) is 6.07 Å². The van der Waals surface area contributed by atoms with Crippen LogP contribution in [0.5, 0.6) is 17.2 Å². The number of aryl methyl sites for hydroxylation is 1. The van der Waals surface area contributed by atoms with Gasteiger partial charge in [-0.1, -0.05) is 0 Å². The molecule has 1 aromatic carbocycles. The first-order valence-corrected chi connectivity index (χ1v) is 7.54. The zero-order valence-corrected chi connectivity index (χ0v) is 14.1. The van der Waals surface area contributed by atoms with E-state index in [0.717, 1.165) is 6.07 Å². The fourth-order valence-corrected chi connectivity index (χ4v) is 2.91. The van der Waals surface area contributed by atoms with Crippen LogP contribution in [-0.4, -0.2) is 12.0 Å². The van der Waals surface area contributed by atoms with Crippen molar-refractivity contribution in [1.29, 1.82) is 5.26 Å². The summed E-state index contributed by atoms with van der Waals surface area (Å²) in [7, 11) is 1.18. The summed E-state index contributed by atoms with van der Waals surface area (Å²) in [6.07, 6.45) is 0. The van der Waals surface area contributed by atoms with Crippen LogP contribution in [0.15, 0.2) is 38.9 Å². The van der Waals surface area contributed by atoms with Gasteiger partial charge in [0.1, 0.15) is 28.9 Å². The molecule has 2 N–H and O–H groups in total. The number of hydrogen-bond acceptors (Lipinski definition) is 9. The second-order valence-corrected chi connectivity index (χ2v) is 5.68. The standard InChI is InChI=1S/C17H13N3O7/c1-7-3-11-14(17(22)26-7)13(9(6-18)16(19)27-11)8-4-10(20(23)24)15(21)12(5-8)25-2/h3-5,13,21H,19H2,1-2H3/p-1/t13-/m1/s1. The van der Waals surface area contributed by atoms with E-state index in [2.05, 4.69) is 0 Å². The van der Waals surface area contributed by atoms with Crippen LogP contribution in [0.4, 0.5) is 5.69 Å². The third-order valence-corrected chi connectivity index (χ3v) is 4.06. The third-order valence-electron chi connectivity index (χ3n) is 4.06. The molecule has 3 rings (SSSR count). The molecule has 1 aromatic heterocycles. The predicted molar refractivity (Wildman–Crippen MR) is 88.1 cm³/mol. The summed E-state index contributed by atoms with van der Waals surface area (Å²) in [5, 5.41) is 32.8. The lowest BCUT2D eigenvalue weighted by Gasteiger charge is -2.26. The Hall–Kier alpha value is -4.00. The normalized spacial score (nSPS) is 15.5. The lowest BCUT2D eigenvalue weighted by atomic mass is 9.84. The van der Waals surface area contributed by atoms with Gasteiger partial charge in [0.25, 0.3) is 5.69 Å². The molecule has 0 unspecified atom stereocenters. The first-order chi connectivity index (χ1) is 12.8. The first kappa shape index (κ1) is 17.8. The van der Waals surface area contributed by atoms with Gasteiger partial charge in [-0.25, -0.2) is 4.79 Å². The Morgan fingerprint density at radius 1 is 1.37 bits per heavy atom. The maximum absolute atomic E-state index is 12.4. The molecule has 10 heteroatoms. The number of nitriles is 1. The van der Waals surface area contributed by atoms with E-state index in [9.17, 15) is 25.3 Å². The molecule has 0 saturated heterocycles. The molecule has 10 nitrogen and oxygen atoms in total. The van der Waals surface area contributed by atoms with Crippen LogP contribution in [0.25, 0.3) is 0 Å². The Labute approximate surface area is 151 Å². The number of rotatable bonds is 3. The lowest BCUT2D eigenvalue weighted by molar-refractivity contribution is -0.398. The van der Waals surface area contributed by atoms with Crippen molar-refractivity contribution >= 4 is 5.69 Å². The van der Waals surface area contributed by atoms with Crippen LogP contribution >= 0.6 is 0 Å². The largest absolute Gasteiger partial charge is 0.865 e. The van der Waals surface area contributed by atoms with E-state index in [0.29, 0.717) is 0 Å². The first-order valence-electron chi connectivity index (χ1n) is 7.54. The Balaban J connectivity index is 2.37. The summed E-state index contributed by atoms with van der Waals surface area (Å²) in [5.74, 6) is -2.29. The topological polar surface area (TPSA) is 165 Å². The Morgan fingerprint density at radius 3 is 2.67 bits per heavy atom. The SMILES string of the molecule is COc1cc([C@@H]2C(C#N)=C(N)Oc3cc(C)oc(=O)c32)cc([N+](=O)[O-])c1[O-]. The van der Waals surface area contributed by atoms with Crippen molar-refractivity contribution in [3.05, 3.63) is 67.1 Å². The molecular formula is C17H12N3O7-. The zero-order valence-electron chi connectivity index (χ0n) is 14.1. The summed E-state index contributed by atoms with van der Waals surface area (Å²) in [5.41, 5.74) is 4.15. The Bertz CT molecular complexity index is 1090. The number of benzene rings is 1. The van der Waals surface area contributed by atoms with Gasteiger partial charge >= 0.3 is 5.63 Å². The molecule has 0 fully saturated rings. The highest BCUT2D eigenvalue weighted by atomic mass is 16.6. The molecule has 2 aromatic rings. The van der Waals surface area contributed by atoms with Crippen molar-refractivity contribution in [3.8, 4) is 23.3 Å². The summed E-state index contributed by atoms with van der Waals surface area (Å²) < 4.78 is 15.4. The smallest absolute Gasteiger partial charge is 0.343 e. The van der Waals surface area contributed by atoms with E-state index in [-0.39, 0.29) is 39.8 Å². The quantitative estimate of drug-likeness (QED) is 0.616. The highest BCUT2D eigenvalue weighted by Crippen LogP contribution is 2.44. The number of ether oxygens (including phenoxy) is 2. The van der Waals surface area contributed by atoms with E-state index < -0.39 is 27.9 Å². The highest BCUT2D eigenvalue weighted by molar-refractivity contribution is 5.62. The zero-order chi connectivity index (χ0) is 19.9. The van der Waals surface area contributed by atoms with Crippen LogP contribution < -0.4 is 25.9 Å². The van der Waals surface area contributed by atoms with Crippen molar-refractivity contribution in [2.24, 2.45) is 5.73 Å². The molecule has 1 atom stereocenters. The van der Waals surface area contributed by atoms with E-state index in [1.165, 1.54) is 26.2 Å². The third kappa shape index (κ3) is 2.81. The number of hydrogen-bond donors (Lipinski definition) is 1. The summed E-state index contributed by atoms with van der Waals surface area (Å²) in [4.78, 5) is 22.8. The number of allylic oxidation sites excluding steroid dienone is 1. The molecule has 138 valence electrons. The monoisotopic (exact) mass is 370 g/mol. The van der Waals surface area contributed by atoms with Gasteiger partial charge < -0.3 is 24.7 Å². The summed E-state index contributed by atoms with van der Waals surface area (Å²) >= 11 is 0. The number of nitro benzene ring substituents is 1. The molecule has 0 amide bonds. The van der Waals surface area contributed by atoms with Crippen LogP contribution in [0.1, 0.15) is 22.8 Å². The average molecular weight is 370 g/mol. The van der Waals surface area contributed by atoms with Gasteiger partial charge in [-0.05, 0) is 18.6 Å². The number of nitro groups is 1. The maximum Gasteiger partial charge on any atom is 0.343 e. The van der Waals surface area contributed by atoms with Crippen molar-refractivity contribution in [1.82, 2.24) is 0 Å². The summed E-state index contributed by atoms with van der Waals surface area (Å²) in [6.45, 7) is 1.53. The molecule has 1 aliphatic heterocycles. The van der Waals surface area contributed by atoms with Gasteiger partial charge in [-0.15, -0.1) is 0 Å². The molecule has 2 heterocycles. The molecule has 0 saturated carbocycles. The maximum atomic E-state index is 12.4. The Kier molecular flexibility index (Phi) is 4.21. The molecule has 0 radical (unpaired) electrons. The number of methoxy groups -OCH3 is 1. The van der Waals surface area contributed by atoms with Gasteiger partial charge in [0.2, 0.25) is 5.88 Å². The highest BCUT2D eigenvalue weighted by Gasteiger charge is 2.35. The van der Waals surface area contributed by atoms with E-state index in [4.69, 9.17) is 19.6 Å². The fourth-order valence-electron chi connectivity index (χ4n) is 2.91. The fraction of sp³-hybridized carbons (Fsp3) is 0.176. The number of fused-ring (bicyclic) bond motifs is 1. The number of nitrogens with zero attached hydrogens (tertiary/aromatic N) is 2. The minimum absolute atomic E-state index is 0.0543. The van der Waals surface area contributed by atoms with Crippen LogP contribution in [0.3, 0.4) is 0 Å². The molecule has 0 aliphatic carbocycles. The van der Waals surface area contributed by atoms with Crippen LogP contribution in [-0.2, 0) is 0 Å². The van der Waals surface area contributed by atoms with Gasteiger partial charge in [-0.3, -0.25) is 10.1 Å². The minimum atomic E-state index is -1.12. The Morgan fingerprint density at radius 2 is 2.07 bits per heavy atom. The van der Waals surface area contributed by atoms with E-state index >= 15 is 0 Å². The van der Waals surface area contributed by atoms with Gasteiger partial charge in [0.15, 0.2) is 0 Å². The average Bonchev–Trinajstić information content (AvgIpc) is 2.60. The van der Waals surface area contributed by atoms with Crippen molar-refractivity contribution in [2.75, 3.05) is 7.11 Å². The minimum Gasteiger partial charge on any atom is -0.865 e. The van der Waals surface area contributed by atoms with Crippen LogP contribution in [0.2, 0.25) is 0 Å². The summed E-state index contributed by atoms with van der Waals surface area (Å²) in [6, 6.07) is 5.46. The molecule has 0 bridgehead atoms. The molecular weight excluding hydrogens is 358 g/mol. The second kappa shape index (κ2) is 6.38. The second-order valence-electron chi connectivity index (χ2n) is 5.68. The van der Waals surface area contributed by atoms with Gasteiger partial charge in [0, 0.05) is 17.9 Å². The number of nitrogens with two attached hydrogens (primary N) is 1. The molecule has 27 heavy (non-hydrogen) atoms. The van der Waals surface area contributed by atoms with Crippen molar-refractivity contribution in [3.63, 3.8) is 0 Å². The molecule has 0 spiro atoms. The van der Waals surface area contributed by atoms with Crippen LogP contribution in [0, 0.1) is 28.4 Å². The van der Waals surface area contributed by atoms with Crippen molar-refractivity contribution < 1.29 is 23.9 Å². The predicted octanol–water partition coefficient (Wildman–Crippen LogP) is 1.16.